The van der Waals surface area contributed by atoms with Gasteiger partial charge in [0.1, 0.15) is 5.75 Å². The number of hydrogen-bond donors (Lipinski definition) is 1. The number of amides is 1. The molecule has 0 bridgehead atoms. The molecule has 0 aromatic heterocycles. The Bertz CT molecular complexity index is 583. The van der Waals surface area contributed by atoms with Gasteiger partial charge in [0.2, 0.25) is 0 Å². The molecule has 0 radical (unpaired) electrons. The minimum absolute atomic E-state index is 0.0311. The maximum atomic E-state index is 12.2. The van der Waals surface area contributed by atoms with E-state index in [9.17, 15) is 4.79 Å². The first-order valence-corrected chi connectivity index (χ1v) is 6.59. The summed E-state index contributed by atoms with van der Waals surface area (Å²) >= 11 is 0. The third kappa shape index (κ3) is 3.18. The summed E-state index contributed by atoms with van der Waals surface area (Å²) in [5, 5.41) is 2.95. The number of hydrogen-bond acceptors (Lipinski definition) is 2. The number of ether oxygens (including phenoxy) is 1. The topological polar surface area (TPSA) is 38.3 Å². The van der Waals surface area contributed by atoms with Crippen LogP contribution in [0.15, 0.2) is 42.5 Å². The van der Waals surface area contributed by atoms with E-state index in [1.807, 2.05) is 56.3 Å². The van der Waals surface area contributed by atoms with Crippen LogP contribution in [0.2, 0.25) is 0 Å². The lowest BCUT2D eigenvalue weighted by molar-refractivity contribution is 0.0949. The van der Waals surface area contributed by atoms with Gasteiger partial charge >= 0.3 is 0 Å². The van der Waals surface area contributed by atoms with Crippen LogP contribution in [0.3, 0.4) is 0 Å². The van der Waals surface area contributed by atoms with E-state index in [4.69, 9.17) is 4.74 Å². The fourth-order valence-corrected chi connectivity index (χ4v) is 2.19. The van der Waals surface area contributed by atoms with Crippen molar-refractivity contribution in [3.05, 3.63) is 64.7 Å². The van der Waals surface area contributed by atoms with Crippen LogP contribution in [0, 0.1) is 13.8 Å². The number of methoxy groups -OCH3 is 1. The fourth-order valence-electron chi connectivity index (χ4n) is 2.19. The van der Waals surface area contributed by atoms with Crippen molar-refractivity contribution in [2.24, 2.45) is 0 Å². The van der Waals surface area contributed by atoms with Gasteiger partial charge in [-0.05, 0) is 42.7 Å². The van der Waals surface area contributed by atoms with Crippen LogP contribution in [-0.4, -0.2) is 13.0 Å². The molecule has 0 aliphatic rings. The summed E-state index contributed by atoms with van der Waals surface area (Å²) in [6.45, 7) is 4.42. The molecule has 0 heterocycles. The van der Waals surface area contributed by atoms with Crippen LogP contribution in [0.1, 0.15) is 27.0 Å². The van der Waals surface area contributed by atoms with E-state index in [0.29, 0.717) is 6.54 Å². The monoisotopic (exact) mass is 269 g/mol. The average Bonchev–Trinajstić information content (AvgIpc) is 2.45. The summed E-state index contributed by atoms with van der Waals surface area (Å²) in [6.07, 6.45) is 0. The van der Waals surface area contributed by atoms with E-state index in [2.05, 4.69) is 5.32 Å². The normalized spacial score (nSPS) is 10.2. The lowest BCUT2D eigenvalue weighted by Crippen LogP contribution is -2.24. The molecule has 0 spiro atoms. The summed E-state index contributed by atoms with van der Waals surface area (Å²) in [6, 6.07) is 13.5. The third-order valence-corrected chi connectivity index (χ3v) is 3.32. The van der Waals surface area contributed by atoms with Gasteiger partial charge in [0.25, 0.3) is 5.91 Å². The maximum absolute atomic E-state index is 12.2. The largest absolute Gasteiger partial charge is 0.497 e. The van der Waals surface area contributed by atoms with Gasteiger partial charge in [-0.1, -0.05) is 30.3 Å². The molecule has 20 heavy (non-hydrogen) atoms. The average molecular weight is 269 g/mol. The highest BCUT2D eigenvalue weighted by Crippen LogP contribution is 2.14. The number of carbonyl (C=O) groups is 1. The van der Waals surface area contributed by atoms with Crippen molar-refractivity contribution in [1.82, 2.24) is 5.32 Å². The second-order valence-electron chi connectivity index (χ2n) is 4.80. The van der Waals surface area contributed by atoms with Crippen LogP contribution >= 0.6 is 0 Å². The van der Waals surface area contributed by atoms with Gasteiger partial charge in [0.05, 0.1) is 7.11 Å². The zero-order valence-electron chi connectivity index (χ0n) is 12.1. The van der Waals surface area contributed by atoms with Crippen LogP contribution in [0.5, 0.6) is 5.75 Å². The number of aryl methyl sites for hydroxylation is 2. The Labute approximate surface area is 119 Å². The molecule has 0 aliphatic carbocycles. The minimum Gasteiger partial charge on any atom is -0.497 e. The molecule has 0 aliphatic heterocycles. The van der Waals surface area contributed by atoms with E-state index in [1.54, 1.807) is 7.11 Å². The van der Waals surface area contributed by atoms with Gasteiger partial charge in [-0.3, -0.25) is 4.79 Å². The summed E-state index contributed by atoms with van der Waals surface area (Å²) in [4.78, 5) is 12.2. The van der Waals surface area contributed by atoms with Gasteiger partial charge in [-0.25, -0.2) is 0 Å². The molecule has 1 amide bonds. The van der Waals surface area contributed by atoms with Crippen molar-refractivity contribution in [1.29, 1.82) is 0 Å². The summed E-state index contributed by atoms with van der Waals surface area (Å²) in [7, 11) is 1.64. The van der Waals surface area contributed by atoms with Crippen molar-refractivity contribution in [3.63, 3.8) is 0 Å². The Kier molecular flexibility index (Phi) is 4.41. The molecular weight excluding hydrogens is 250 g/mol. The zero-order chi connectivity index (χ0) is 14.5. The van der Waals surface area contributed by atoms with Gasteiger partial charge in [-0.15, -0.1) is 0 Å². The second kappa shape index (κ2) is 6.24. The molecule has 1 N–H and O–H groups in total. The first-order valence-electron chi connectivity index (χ1n) is 6.59. The van der Waals surface area contributed by atoms with Crippen molar-refractivity contribution in [2.75, 3.05) is 7.11 Å². The molecule has 0 atom stereocenters. The van der Waals surface area contributed by atoms with Crippen LogP contribution in [0.4, 0.5) is 0 Å². The summed E-state index contributed by atoms with van der Waals surface area (Å²) in [5.41, 5.74) is 3.81. The third-order valence-electron chi connectivity index (χ3n) is 3.32. The van der Waals surface area contributed by atoms with Crippen LogP contribution < -0.4 is 10.1 Å². The molecule has 2 aromatic carbocycles. The molecule has 0 saturated heterocycles. The van der Waals surface area contributed by atoms with Crippen molar-refractivity contribution < 1.29 is 9.53 Å². The van der Waals surface area contributed by atoms with Crippen LogP contribution in [-0.2, 0) is 6.54 Å². The highest BCUT2D eigenvalue weighted by Gasteiger charge is 2.11. The molecule has 104 valence electrons. The maximum Gasteiger partial charge on any atom is 0.252 e. The second-order valence-corrected chi connectivity index (χ2v) is 4.80. The molecule has 0 fully saturated rings. The van der Waals surface area contributed by atoms with E-state index < -0.39 is 0 Å². The molecule has 2 rings (SSSR count). The number of nitrogens with one attached hydrogen (secondary N) is 1. The predicted molar refractivity (Wildman–Crippen MR) is 80.1 cm³/mol. The number of benzene rings is 2. The van der Waals surface area contributed by atoms with Crippen molar-refractivity contribution in [3.8, 4) is 5.75 Å². The molecule has 3 nitrogen and oxygen atoms in total. The molecule has 3 heteroatoms. The SMILES string of the molecule is COc1ccc(CNC(=O)c2c(C)cccc2C)cc1. The fraction of sp³-hybridized carbons (Fsp3) is 0.235. The van der Waals surface area contributed by atoms with E-state index in [-0.39, 0.29) is 5.91 Å². The molecular formula is C17H19NO2. The van der Waals surface area contributed by atoms with Gasteiger partial charge in [0, 0.05) is 12.1 Å². The highest BCUT2D eigenvalue weighted by molar-refractivity contribution is 5.96. The van der Waals surface area contributed by atoms with E-state index in [0.717, 1.165) is 28.0 Å². The first kappa shape index (κ1) is 14.1. The Morgan fingerprint density at radius 1 is 1.05 bits per heavy atom. The zero-order valence-corrected chi connectivity index (χ0v) is 12.1. The quantitative estimate of drug-likeness (QED) is 0.925. The Hall–Kier alpha value is -2.29. The Morgan fingerprint density at radius 3 is 2.20 bits per heavy atom. The highest BCUT2D eigenvalue weighted by atomic mass is 16.5. The van der Waals surface area contributed by atoms with Gasteiger partial charge in [-0.2, -0.15) is 0 Å². The van der Waals surface area contributed by atoms with Crippen LogP contribution in [0.25, 0.3) is 0 Å². The van der Waals surface area contributed by atoms with Crippen molar-refractivity contribution >= 4 is 5.91 Å². The Morgan fingerprint density at radius 2 is 1.65 bits per heavy atom. The summed E-state index contributed by atoms with van der Waals surface area (Å²) < 4.78 is 5.11. The standard InChI is InChI=1S/C17H19NO2/c1-12-5-4-6-13(2)16(12)17(19)18-11-14-7-9-15(20-3)10-8-14/h4-10H,11H2,1-3H3,(H,18,19). The van der Waals surface area contributed by atoms with Gasteiger partial charge < -0.3 is 10.1 Å². The minimum atomic E-state index is -0.0311. The van der Waals surface area contributed by atoms with E-state index in [1.165, 1.54) is 0 Å². The molecule has 0 unspecified atom stereocenters. The number of carbonyl (C=O) groups excluding carboxylic acids is 1. The predicted octanol–water partition coefficient (Wildman–Crippen LogP) is 3.24. The lowest BCUT2D eigenvalue weighted by Gasteiger charge is -2.10. The molecule has 2 aromatic rings. The molecule has 0 saturated carbocycles. The van der Waals surface area contributed by atoms with E-state index >= 15 is 0 Å². The lowest BCUT2D eigenvalue weighted by atomic mass is 10.0. The smallest absolute Gasteiger partial charge is 0.252 e. The summed E-state index contributed by atoms with van der Waals surface area (Å²) in [5.74, 6) is 0.784. The van der Waals surface area contributed by atoms with Gasteiger partial charge in [0.15, 0.2) is 0 Å². The number of rotatable bonds is 4. The Balaban J connectivity index is 2.05. The van der Waals surface area contributed by atoms with Crippen molar-refractivity contribution in [2.45, 2.75) is 20.4 Å². The first-order chi connectivity index (χ1) is 9.61.